The van der Waals surface area contributed by atoms with Crippen LogP contribution in [-0.4, -0.2) is 45.5 Å². The predicted octanol–water partition coefficient (Wildman–Crippen LogP) is 3.74. The standard InChI is InChI=1S/C23H23ClN4O5/c1-15(22-25-20-10-7-17(24)14-19(20)23(30)26(22)2)27(12-13-33-3)21(29)11-6-16-4-8-18(9-5-16)28(31)32/h4-11,14-15H,12-13H2,1-3H3/b11-6+. The van der Waals surface area contributed by atoms with E-state index < -0.39 is 11.0 Å². The van der Waals surface area contributed by atoms with Gasteiger partial charge in [-0.1, -0.05) is 11.6 Å². The highest BCUT2D eigenvalue weighted by molar-refractivity contribution is 6.31. The van der Waals surface area contributed by atoms with E-state index in [1.165, 1.54) is 29.9 Å². The SMILES string of the molecule is COCCN(C(=O)/C=C/c1ccc([N+](=O)[O-])cc1)C(C)c1nc2ccc(Cl)cc2c(=O)n1C. The summed E-state index contributed by atoms with van der Waals surface area (Å²) in [5.74, 6) is 0.103. The summed E-state index contributed by atoms with van der Waals surface area (Å²) >= 11 is 6.02. The number of hydrogen-bond donors (Lipinski definition) is 0. The molecule has 0 fully saturated rings. The molecule has 9 nitrogen and oxygen atoms in total. The van der Waals surface area contributed by atoms with E-state index in [9.17, 15) is 19.7 Å². The Hall–Kier alpha value is -3.56. The van der Waals surface area contributed by atoms with Crippen LogP contribution in [0.15, 0.2) is 53.3 Å². The van der Waals surface area contributed by atoms with Crippen molar-refractivity contribution in [1.29, 1.82) is 0 Å². The van der Waals surface area contributed by atoms with E-state index in [4.69, 9.17) is 16.3 Å². The summed E-state index contributed by atoms with van der Waals surface area (Å²) in [5, 5.41) is 11.6. The molecule has 0 bridgehead atoms. The molecule has 0 N–H and O–H groups in total. The number of halogens is 1. The molecule has 3 aromatic rings. The largest absolute Gasteiger partial charge is 0.383 e. The van der Waals surface area contributed by atoms with Crippen LogP contribution < -0.4 is 5.56 Å². The number of nitro groups is 1. The van der Waals surface area contributed by atoms with Crippen LogP contribution >= 0.6 is 11.6 Å². The number of amides is 1. The van der Waals surface area contributed by atoms with Gasteiger partial charge in [-0.05, 0) is 48.9 Å². The second-order valence-corrected chi connectivity index (χ2v) is 7.81. The number of hydrogen-bond acceptors (Lipinski definition) is 6. The molecule has 0 radical (unpaired) electrons. The van der Waals surface area contributed by atoms with Crippen LogP contribution in [0.25, 0.3) is 17.0 Å². The molecule has 0 saturated heterocycles. The normalized spacial score (nSPS) is 12.2. The van der Waals surface area contributed by atoms with E-state index >= 15 is 0 Å². The number of nitrogens with zero attached hydrogens (tertiary/aromatic N) is 4. The van der Waals surface area contributed by atoms with Gasteiger partial charge < -0.3 is 9.64 Å². The lowest BCUT2D eigenvalue weighted by Crippen LogP contribution is -2.38. The quantitative estimate of drug-likeness (QED) is 0.282. The molecule has 33 heavy (non-hydrogen) atoms. The second-order valence-electron chi connectivity index (χ2n) is 7.38. The number of aromatic nitrogens is 2. The van der Waals surface area contributed by atoms with Crippen LogP contribution in [0.1, 0.15) is 24.4 Å². The summed E-state index contributed by atoms with van der Waals surface area (Å²) in [4.78, 5) is 42.4. The fourth-order valence-electron chi connectivity index (χ4n) is 3.43. The molecule has 172 valence electrons. The number of rotatable bonds is 8. The zero-order chi connectivity index (χ0) is 24.1. The summed E-state index contributed by atoms with van der Waals surface area (Å²) in [6.45, 7) is 2.35. The van der Waals surface area contributed by atoms with Crippen molar-refractivity contribution in [1.82, 2.24) is 14.5 Å². The second kappa shape index (κ2) is 10.4. The van der Waals surface area contributed by atoms with Crippen LogP contribution in [0.2, 0.25) is 5.02 Å². The van der Waals surface area contributed by atoms with E-state index in [0.717, 1.165) is 0 Å². The monoisotopic (exact) mass is 470 g/mol. The molecule has 10 heteroatoms. The molecule has 1 heterocycles. The molecule has 0 spiro atoms. The summed E-state index contributed by atoms with van der Waals surface area (Å²) in [6, 6.07) is 10.2. The van der Waals surface area contributed by atoms with Crippen molar-refractivity contribution in [2.75, 3.05) is 20.3 Å². The fourth-order valence-corrected chi connectivity index (χ4v) is 3.60. The Morgan fingerprint density at radius 3 is 2.64 bits per heavy atom. The van der Waals surface area contributed by atoms with Crippen molar-refractivity contribution >= 4 is 40.2 Å². The molecule has 0 saturated carbocycles. The molecule has 0 aliphatic carbocycles. The summed E-state index contributed by atoms with van der Waals surface area (Å²) in [6.07, 6.45) is 2.96. The van der Waals surface area contributed by atoms with Gasteiger partial charge in [0.15, 0.2) is 0 Å². The van der Waals surface area contributed by atoms with Gasteiger partial charge in [0.1, 0.15) is 5.82 Å². The van der Waals surface area contributed by atoms with Gasteiger partial charge in [-0.15, -0.1) is 0 Å². The smallest absolute Gasteiger partial charge is 0.269 e. The van der Waals surface area contributed by atoms with Crippen molar-refractivity contribution in [2.24, 2.45) is 7.05 Å². The Kier molecular flexibility index (Phi) is 7.57. The first-order valence-electron chi connectivity index (χ1n) is 10.1. The number of methoxy groups -OCH3 is 1. The molecule has 1 amide bonds. The van der Waals surface area contributed by atoms with Crippen molar-refractivity contribution in [3.8, 4) is 0 Å². The van der Waals surface area contributed by atoms with E-state index in [1.807, 2.05) is 0 Å². The number of benzene rings is 2. The number of fused-ring (bicyclic) bond motifs is 1. The lowest BCUT2D eigenvalue weighted by atomic mass is 10.1. The van der Waals surface area contributed by atoms with Crippen LogP contribution in [0, 0.1) is 10.1 Å². The number of nitro benzene ring substituents is 1. The lowest BCUT2D eigenvalue weighted by molar-refractivity contribution is -0.384. The third-order valence-electron chi connectivity index (χ3n) is 5.26. The van der Waals surface area contributed by atoms with Gasteiger partial charge >= 0.3 is 0 Å². The summed E-state index contributed by atoms with van der Waals surface area (Å²) in [5.41, 5.74) is 0.842. The number of carbonyl (C=O) groups is 1. The van der Waals surface area contributed by atoms with Crippen LogP contribution in [-0.2, 0) is 16.6 Å². The van der Waals surface area contributed by atoms with Gasteiger partial charge in [0.05, 0.1) is 28.5 Å². The summed E-state index contributed by atoms with van der Waals surface area (Å²) < 4.78 is 6.57. The first kappa shape index (κ1) is 24.1. The molecule has 0 aliphatic heterocycles. The topological polar surface area (TPSA) is 108 Å². The van der Waals surface area contributed by atoms with Crippen molar-refractivity contribution in [3.63, 3.8) is 0 Å². The first-order chi connectivity index (χ1) is 15.7. The van der Waals surface area contributed by atoms with Gasteiger partial charge in [0.25, 0.3) is 11.2 Å². The van der Waals surface area contributed by atoms with Crippen molar-refractivity contribution in [2.45, 2.75) is 13.0 Å². The maximum Gasteiger partial charge on any atom is 0.269 e. The third-order valence-corrected chi connectivity index (χ3v) is 5.49. The minimum Gasteiger partial charge on any atom is -0.383 e. The minimum absolute atomic E-state index is 0.0293. The molecule has 3 rings (SSSR count). The van der Waals surface area contributed by atoms with Gasteiger partial charge in [-0.3, -0.25) is 24.3 Å². The Bertz CT molecular complexity index is 1270. The number of ether oxygens (including phenoxy) is 1. The Balaban J connectivity index is 1.92. The van der Waals surface area contributed by atoms with E-state index in [1.54, 1.807) is 55.3 Å². The maximum absolute atomic E-state index is 13.1. The Morgan fingerprint density at radius 1 is 1.30 bits per heavy atom. The van der Waals surface area contributed by atoms with Crippen LogP contribution in [0.3, 0.4) is 0 Å². The van der Waals surface area contributed by atoms with Gasteiger partial charge in [-0.2, -0.15) is 0 Å². The van der Waals surface area contributed by atoms with Gasteiger partial charge in [0, 0.05) is 43.9 Å². The zero-order valence-electron chi connectivity index (χ0n) is 18.4. The first-order valence-corrected chi connectivity index (χ1v) is 10.5. The highest BCUT2D eigenvalue weighted by Crippen LogP contribution is 2.22. The maximum atomic E-state index is 13.1. The average Bonchev–Trinajstić information content (AvgIpc) is 2.80. The molecule has 2 aromatic carbocycles. The highest BCUT2D eigenvalue weighted by Gasteiger charge is 2.24. The third kappa shape index (κ3) is 5.44. The minimum atomic E-state index is -0.535. The predicted molar refractivity (Wildman–Crippen MR) is 126 cm³/mol. The molecule has 1 unspecified atom stereocenters. The number of carbonyl (C=O) groups excluding carboxylic acids is 1. The lowest BCUT2D eigenvalue weighted by Gasteiger charge is -2.29. The van der Waals surface area contributed by atoms with E-state index in [-0.39, 0.29) is 23.7 Å². The van der Waals surface area contributed by atoms with Crippen molar-refractivity contribution in [3.05, 3.63) is 85.4 Å². The average molecular weight is 471 g/mol. The van der Waals surface area contributed by atoms with Crippen LogP contribution in [0.4, 0.5) is 5.69 Å². The van der Waals surface area contributed by atoms with E-state index in [0.29, 0.717) is 33.9 Å². The fraction of sp³-hybridized carbons (Fsp3) is 0.261. The molecular weight excluding hydrogens is 448 g/mol. The Labute approximate surface area is 195 Å². The zero-order valence-corrected chi connectivity index (χ0v) is 19.2. The molecule has 0 aliphatic rings. The van der Waals surface area contributed by atoms with Crippen LogP contribution in [0.5, 0.6) is 0 Å². The highest BCUT2D eigenvalue weighted by atomic mass is 35.5. The Morgan fingerprint density at radius 2 is 2.00 bits per heavy atom. The van der Waals surface area contributed by atoms with Crippen molar-refractivity contribution < 1.29 is 14.5 Å². The molecule has 1 aromatic heterocycles. The number of non-ortho nitro benzene ring substituents is 1. The summed E-state index contributed by atoms with van der Waals surface area (Å²) in [7, 11) is 3.14. The van der Waals surface area contributed by atoms with Gasteiger partial charge in [0.2, 0.25) is 5.91 Å². The molecular formula is C23H23ClN4O5. The molecule has 1 atom stereocenters. The van der Waals surface area contributed by atoms with Gasteiger partial charge in [-0.25, -0.2) is 4.98 Å². The van der Waals surface area contributed by atoms with E-state index in [2.05, 4.69) is 4.98 Å².